The normalized spacial score (nSPS) is 11.8. The van der Waals surface area contributed by atoms with Crippen molar-refractivity contribution in [2.75, 3.05) is 25.0 Å². The van der Waals surface area contributed by atoms with Gasteiger partial charge in [-0.3, -0.25) is 4.72 Å². The Morgan fingerprint density at radius 1 is 0.912 bits per heavy atom. The van der Waals surface area contributed by atoms with E-state index in [-0.39, 0.29) is 23.7 Å². The third-order valence-electron chi connectivity index (χ3n) is 5.92. The molecule has 1 aromatic heterocycles. The average molecular weight is 482 g/mol. The molecule has 0 spiro atoms. The van der Waals surface area contributed by atoms with Gasteiger partial charge >= 0.3 is 5.97 Å². The standard InChI is InChI=1S/C26H27NO6S/c1-15-12-17(3)23(13-16(15)2)34(29,30)27-22-14-21-24(26(28)32-11-10-31-5)18(4)33-25(21)20-9-7-6-8-19(20)22/h6-9,12-14,27H,10-11H2,1-5H3. The minimum absolute atomic E-state index is 0.0978. The van der Waals surface area contributed by atoms with Gasteiger partial charge in [0.05, 0.1) is 17.2 Å². The Morgan fingerprint density at radius 3 is 2.29 bits per heavy atom. The Labute approximate surface area is 198 Å². The lowest BCUT2D eigenvalue weighted by Gasteiger charge is -2.15. The van der Waals surface area contributed by atoms with E-state index in [1.165, 1.54) is 7.11 Å². The fourth-order valence-corrected chi connectivity index (χ4v) is 5.47. The Hall–Kier alpha value is -3.36. The summed E-state index contributed by atoms with van der Waals surface area (Å²) in [6.07, 6.45) is 0. The Balaban J connectivity index is 1.88. The van der Waals surface area contributed by atoms with Crippen molar-refractivity contribution < 1.29 is 27.1 Å². The number of hydrogen-bond donors (Lipinski definition) is 1. The zero-order valence-electron chi connectivity index (χ0n) is 19.8. The minimum atomic E-state index is -3.90. The zero-order valence-corrected chi connectivity index (χ0v) is 20.6. The molecule has 0 aliphatic carbocycles. The van der Waals surface area contributed by atoms with Gasteiger partial charge < -0.3 is 13.9 Å². The van der Waals surface area contributed by atoms with Crippen LogP contribution in [0.1, 0.15) is 32.8 Å². The first-order chi connectivity index (χ1) is 16.1. The van der Waals surface area contributed by atoms with Gasteiger partial charge in [-0.25, -0.2) is 13.2 Å². The maximum absolute atomic E-state index is 13.4. The van der Waals surface area contributed by atoms with Crippen LogP contribution in [-0.2, 0) is 19.5 Å². The predicted octanol–water partition coefficient (Wildman–Crippen LogP) is 5.42. The number of furan rings is 1. The van der Waals surface area contributed by atoms with Crippen molar-refractivity contribution in [2.45, 2.75) is 32.6 Å². The van der Waals surface area contributed by atoms with E-state index in [1.807, 2.05) is 44.2 Å². The van der Waals surface area contributed by atoms with Crippen LogP contribution in [0.25, 0.3) is 21.7 Å². The van der Waals surface area contributed by atoms with Crippen molar-refractivity contribution in [2.24, 2.45) is 0 Å². The molecule has 1 heterocycles. The fraction of sp³-hybridized carbons (Fsp3) is 0.269. The molecule has 178 valence electrons. The van der Waals surface area contributed by atoms with E-state index in [0.717, 1.165) is 11.1 Å². The van der Waals surface area contributed by atoms with Crippen LogP contribution in [-0.4, -0.2) is 34.7 Å². The molecule has 3 aromatic carbocycles. The topological polar surface area (TPSA) is 94.8 Å². The Kier molecular flexibility index (Phi) is 6.38. The molecular weight excluding hydrogens is 454 g/mol. The van der Waals surface area contributed by atoms with E-state index >= 15 is 0 Å². The van der Waals surface area contributed by atoms with E-state index < -0.39 is 16.0 Å². The molecule has 0 amide bonds. The monoisotopic (exact) mass is 481 g/mol. The summed E-state index contributed by atoms with van der Waals surface area (Å²) in [7, 11) is -2.38. The maximum Gasteiger partial charge on any atom is 0.342 e. The number of esters is 1. The van der Waals surface area contributed by atoms with Crippen LogP contribution >= 0.6 is 0 Å². The van der Waals surface area contributed by atoms with Gasteiger partial charge in [0.2, 0.25) is 0 Å². The van der Waals surface area contributed by atoms with Crippen LogP contribution < -0.4 is 4.72 Å². The van der Waals surface area contributed by atoms with Gasteiger partial charge in [0.15, 0.2) is 0 Å². The number of ether oxygens (including phenoxy) is 2. The largest absolute Gasteiger partial charge is 0.460 e. The van der Waals surface area contributed by atoms with E-state index in [1.54, 1.807) is 26.0 Å². The second-order valence-corrected chi connectivity index (χ2v) is 9.97. The van der Waals surface area contributed by atoms with Crippen molar-refractivity contribution in [3.63, 3.8) is 0 Å². The SMILES string of the molecule is COCCOC(=O)c1c(C)oc2c1cc(NS(=O)(=O)c1cc(C)c(C)cc1C)c1ccccc12. The maximum atomic E-state index is 13.4. The lowest BCUT2D eigenvalue weighted by Crippen LogP contribution is -2.15. The molecule has 0 saturated carbocycles. The minimum Gasteiger partial charge on any atom is -0.460 e. The van der Waals surface area contributed by atoms with E-state index in [0.29, 0.717) is 38.8 Å². The first-order valence-corrected chi connectivity index (χ1v) is 12.3. The van der Waals surface area contributed by atoms with Gasteiger partial charge in [-0.15, -0.1) is 0 Å². The molecule has 0 radical (unpaired) electrons. The number of aryl methyl sites for hydroxylation is 4. The van der Waals surface area contributed by atoms with Crippen molar-refractivity contribution >= 4 is 43.4 Å². The summed E-state index contributed by atoms with van der Waals surface area (Å²) in [5.41, 5.74) is 3.68. The number of carbonyl (C=O) groups excluding carboxylic acids is 1. The van der Waals surface area contributed by atoms with Gasteiger partial charge in [-0.1, -0.05) is 30.3 Å². The second-order valence-electron chi connectivity index (χ2n) is 8.32. The Bertz CT molecular complexity index is 1520. The Morgan fingerprint density at radius 2 is 1.59 bits per heavy atom. The first kappa shape index (κ1) is 23.8. The summed E-state index contributed by atoms with van der Waals surface area (Å²) in [6.45, 7) is 7.65. The molecule has 0 fully saturated rings. The van der Waals surface area contributed by atoms with E-state index in [4.69, 9.17) is 13.9 Å². The zero-order chi connectivity index (χ0) is 24.6. The molecular formula is C26H27NO6S. The van der Waals surface area contributed by atoms with Crippen LogP contribution in [0.4, 0.5) is 5.69 Å². The number of fused-ring (bicyclic) bond motifs is 3. The highest BCUT2D eigenvalue weighted by atomic mass is 32.2. The van der Waals surface area contributed by atoms with Crippen molar-refractivity contribution in [3.05, 3.63) is 70.5 Å². The predicted molar refractivity (Wildman–Crippen MR) is 132 cm³/mol. The number of carbonyl (C=O) groups is 1. The van der Waals surface area contributed by atoms with E-state index in [9.17, 15) is 13.2 Å². The van der Waals surface area contributed by atoms with Gasteiger partial charge in [-0.2, -0.15) is 0 Å². The lowest BCUT2D eigenvalue weighted by molar-refractivity contribution is 0.0388. The number of sulfonamides is 1. The summed E-state index contributed by atoms with van der Waals surface area (Å²) >= 11 is 0. The molecule has 1 N–H and O–H groups in total. The molecule has 0 atom stereocenters. The second kappa shape index (κ2) is 9.12. The highest BCUT2D eigenvalue weighted by Gasteiger charge is 2.25. The van der Waals surface area contributed by atoms with Gasteiger partial charge in [0, 0.05) is 23.3 Å². The molecule has 4 rings (SSSR count). The van der Waals surface area contributed by atoms with Crippen LogP contribution in [0.2, 0.25) is 0 Å². The van der Waals surface area contributed by atoms with Crippen LogP contribution in [0.3, 0.4) is 0 Å². The quantitative estimate of drug-likeness (QED) is 0.280. The molecule has 0 aliphatic heterocycles. The van der Waals surface area contributed by atoms with Crippen LogP contribution in [0.5, 0.6) is 0 Å². The highest BCUT2D eigenvalue weighted by molar-refractivity contribution is 7.92. The summed E-state index contributed by atoms with van der Waals surface area (Å²) in [5, 5.41) is 1.83. The molecule has 4 aromatic rings. The molecule has 0 saturated heterocycles. The summed E-state index contributed by atoms with van der Waals surface area (Å²) in [5.74, 6) is -0.157. The lowest BCUT2D eigenvalue weighted by atomic mass is 10.0. The van der Waals surface area contributed by atoms with Gasteiger partial charge in [0.25, 0.3) is 10.0 Å². The average Bonchev–Trinajstić information content (AvgIpc) is 3.12. The van der Waals surface area contributed by atoms with Crippen LogP contribution in [0.15, 0.2) is 51.8 Å². The van der Waals surface area contributed by atoms with Gasteiger partial charge in [0.1, 0.15) is 23.5 Å². The summed E-state index contributed by atoms with van der Waals surface area (Å²) < 4.78 is 45.8. The van der Waals surface area contributed by atoms with Crippen molar-refractivity contribution in [1.82, 2.24) is 0 Å². The number of anilines is 1. The number of rotatable bonds is 7. The van der Waals surface area contributed by atoms with Crippen LogP contribution in [0, 0.1) is 27.7 Å². The number of hydrogen-bond acceptors (Lipinski definition) is 6. The smallest absolute Gasteiger partial charge is 0.342 e. The van der Waals surface area contributed by atoms with Crippen molar-refractivity contribution in [3.8, 4) is 0 Å². The number of methoxy groups -OCH3 is 1. The fourth-order valence-electron chi connectivity index (χ4n) is 4.09. The first-order valence-electron chi connectivity index (χ1n) is 10.9. The summed E-state index contributed by atoms with van der Waals surface area (Å²) in [6, 6.07) is 12.5. The van der Waals surface area contributed by atoms with Gasteiger partial charge in [-0.05, 0) is 56.5 Å². The molecule has 7 nitrogen and oxygen atoms in total. The van der Waals surface area contributed by atoms with Crippen molar-refractivity contribution in [1.29, 1.82) is 0 Å². The molecule has 34 heavy (non-hydrogen) atoms. The molecule has 0 unspecified atom stereocenters. The number of benzene rings is 3. The third-order valence-corrected chi connectivity index (χ3v) is 7.43. The highest BCUT2D eigenvalue weighted by Crippen LogP contribution is 2.38. The molecule has 0 aliphatic rings. The van der Waals surface area contributed by atoms with E-state index in [2.05, 4.69) is 4.72 Å². The molecule has 0 bridgehead atoms. The third kappa shape index (κ3) is 4.26. The molecule has 8 heteroatoms. The number of nitrogens with one attached hydrogen (secondary N) is 1. The summed E-state index contributed by atoms with van der Waals surface area (Å²) in [4.78, 5) is 13.0.